The van der Waals surface area contributed by atoms with Crippen LogP contribution in [0.3, 0.4) is 0 Å². The molecule has 2 aliphatic heterocycles. The molecule has 8 rings (SSSR count). The third-order valence-electron chi connectivity index (χ3n) is 10.2. The number of methoxy groups -OCH3 is 2. The standard InChI is InChI=1S/C15H16ClF2N3O2.C8H13NO2.C7H4Cl2F2N2/c1-23-11(22)4-8-9-5-21(6-10(8)9)13-7-2-3-15(17,18)12(7)19-14(16)20-13;1-11-8(10)2-5-6-3-9-4-7(5)6;8-5-3-1-2-7(10,11)4(3)12-6(9)13-5/h8-10H,2-6H2,1H3;5-7,9H,2-4H2,1H3;1-2H2/t8?,9-,10+;5?,6-,7+;. The number of rotatable bonds is 5. The molecule has 2 saturated carbocycles. The van der Waals surface area contributed by atoms with Crippen LogP contribution in [0.15, 0.2) is 0 Å². The molecule has 2 unspecified atom stereocenters. The molecule has 10 nitrogen and oxygen atoms in total. The number of hydrogen-bond donors (Lipinski definition) is 1. The van der Waals surface area contributed by atoms with Gasteiger partial charge in [0.25, 0.3) is 11.8 Å². The summed E-state index contributed by atoms with van der Waals surface area (Å²) in [5.41, 5.74) is 0.290. The topological polar surface area (TPSA) is 119 Å². The smallest absolute Gasteiger partial charge is 0.305 e. The van der Waals surface area contributed by atoms with Gasteiger partial charge in [0, 0.05) is 49.9 Å². The van der Waals surface area contributed by atoms with Gasteiger partial charge in [0.2, 0.25) is 10.6 Å². The number of nitrogens with one attached hydrogen (secondary N) is 1. The second-order valence-corrected chi connectivity index (χ2v) is 13.8. The normalized spacial score (nSPS) is 29.3. The SMILES string of the molecule is COC(=O)CC1[C@H]2CN(c3nc(Cl)nc4c3CCC4(F)F)C[C@@H]12.COC(=O)CC1[C@H]2CNC[C@@H]12.FC1(F)CCc2c(Cl)nc(Cl)nc21. The van der Waals surface area contributed by atoms with Crippen molar-refractivity contribution in [3.05, 3.63) is 38.2 Å². The molecule has 47 heavy (non-hydrogen) atoms. The predicted molar refractivity (Wildman–Crippen MR) is 163 cm³/mol. The van der Waals surface area contributed by atoms with E-state index in [0.29, 0.717) is 53.5 Å². The lowest BCUT2D eigenvalue weighted by Gasteiger charge is -2.23. The number of halogens is 7. The van der Waals surface area contributed by atoms with E-state index in [-0.39, 0.29) is 64.7 Å². The summed E-state index contributed by atoms with van der Waals surface area (Å²) in [5, 5.41) is 2.96. The molecular weight excluding hydrogens is 691 g/mol. The Kier molecular flexibility index (Phi) is 9.53. The molecule has 2 saturated heterocycles. The van der Waals surface area contributed by atoms with E-state index in [9.17, 15) is 27.2 Å². The minimum atomic E-state index is -2.92. The lowest BCUT2D eigenvalue weighted by Crippen LogP contribution is -2.27. The lowest BCUT2D eigenvalue weighted by atomic mass is 10.1. The number of fused-ring (bicyclic) bond motifs is 4. The van der Waals surface area contributed by atoms with Gasteiger partial charge in [-0.1, -0.05) is 11.6 Å². The summed E-state index contributed by atoms with van der Waals surface area (Å²) in [6.45, 7) is 3.65. The zero-order chi connectivity index (χ0) is 33.8. The van der Waals surface area contributed by atoms with E-state index >= 15 is 0 Å². The van der Waals surface area contributed by atoms with Crippen molar-refractivity contribution in [2.24, 2.45) is 35.5 Å². The summed E-state index contributed by atoms with van der Waals surface area (Å²) in [4.78, 5) is 39.3. The number of esters is 2. The van der Waals surface area contributed by atoms with E-state index in [2.05, 4.69) is 30.0 Å². The zero-order valence-corrected chi connectivity index (χ0v) is 27.8. The van der Waals surface area contributed by atoms with Gasteiger partial charge < -0.3 is 19.7 Å². The van der Waals surface area contributed by atoms with Gasteiger partial charge in [-0.25, -0.2) is 19.9 Å². The first kappa shape index (κ1) is 34.3. The van der Waals surface area contributed by atoms with Crippen LogP contribution in [0, 0.1) is 35.5 Å². The second kappa shape index (κ2) is 13.1. The van der Waals surface area contributed by atoms with E-state index in [4.69, 9.17) is 39.5 Å². The van der Waals surface area contributed by atoms with Crippen LogP contribution in [0.25, 0.3) is 0 Å². The highest BCUT2D eigenvalue weighted by atomic mass is 35.5. The van der Waals surface area contributed by atoms with Crippen LogP contribution >= 0.6 is 34.8 Å². The molecule has 1 N–H and O–H groups in total. The lowest BCUT2D eigenvalue weighted by molar-refractivity contribution is -0.142. The van der Waals surface area contributed by atoms with E-state index in [1.54, 1.807) is 0 Å². The fourth-order valence-electron chi connectivity index (χ4n) is 7.52. The minimum absolute atomic E-state index is 0.0344. The summed E-state index contributed by atoms with van der Waals surface area (Å²) in [7, 11) is 2.85. The molecule has 0 bridgehead atoms. The highest BCUT2D eigenvalue weighted by molar-refractivity contribution is 6.32. The fourth-order valence-corrected chi connectivity index (χ4v) is 8.16. The van der Waals surface area contributed by atoms with Crippen molar-refractivity contribution >= 4 is 52.6 Å². The summed E-state index contributed by atoms with van der Waals surface area (Å²) in [6, 6.07) is 0. The van der Waals surface area contributed by atoms with Gasteiger partial charge in [0.15, 0.2) is 0 Å². The molecule has 0 amide bonds. The maximum atomic E-state index is 13.9. The molecule has 2 aromatic heterocycles. The molecule has 4 fully saturated rings. The van der Waals surface area contributed by atoms with Gasteiger partial charge in [-0.2, -0.15) is 17.6 Å². The van der Waals surface area contributed by atoms with Crippen LogP contribution < -0.4 is 10.2 Å². The van der Waals surface area contributed by atoms with Crippen LogP contribution in [0.1, 0.15) is 48.2 Å². The van der Waals surface area contributed by atoms with Crippen LogP contribution in [0.5, 0.6) is 0 Å². The first-order valence-electron chi connectivity index (χ1n) is 15.4. The summed E-state index contributed by atoms with van der Waals surface area (Å²) in [5.74, 6) is -2.22. The Morgan fingerprint density at radius 2 is 1.23 bits per heavy atom. The van der Waals surface area contributed by atoms with Crippen molar-refractivity contribution in [1.82, 2.24) is 25.3 Å². The van der Waals surface area contributed by atoms with Gasteiger partial charge in [-0.05, 0) is 84.6 Å². The molecule has 0 spiro atoms. The van der Waals surface area contributed by atoms with Gasteiger partial charge in [-0.15, -0.1) is 0 Å². The number of alkyl halides is 4. The van der Waals surface area contributed by atoms with E-state index < -0.39 is 11.8 Å². The van der Waals surface area contributed by atoms with Crippen molar-refractivity contribution in [2.45, 2.75) is 50.4 Å². The third kappa shape index (κ3) is 6.98. The minimum Gasteiger partial charge on any atom is -0.469 e. The molecule has 6 aliphatic rings. The number of ether oxygens (including phenoxy) is 2. The first-order valence-corrected chi connectivity index (χ1v) is 16.5. The first-order chi connectivity index (χ1) is 22.2. The number of anilines is 1. The molecule has 256 valence electrons. The van der Waals surface area contributed by atoms with Gasteiger partial charge >= 0.3 is 11.9 Å². The van der Waals surface area contributed by atoms with E-state index in [1.807, 2.05) is 4.90 Å². The molecule has 17 heteroatoms. The quantitative estimate of drug-likeness (QED) is 0.190. The number of carbonyl (C=O) groups is 2. The van der Waals surface area contributed by atoms with Crippen LogP contribution in [-0.4, -0.2) is 72.3 Å². The summed E-state index contributed by atoms with van der Waals surface area (Å²) >= 11 is 16.9. The zero-order valence-electron chi connectivity index (χ0n) is 25.5. The number of aromatic nitrogens is 4. The fraction of sp³-hybridized carbons (Fsp3) is 0.667. The Balaban J connectivity index is 0.000000136. The van der Waals surface area contributed by atoms with Gasteiger partial charge in [-0.3, -0.25) is 9.59 Å². The molecule has 6 atom stereocenters. The van der Waals surface area contributed by atoms with Crippen LogP contribution in [-0.2, 0) is 43.7 Å². The molecule has 2 aromatic rings. The predicted octanol–water partition coefficient (Wildman–Crippen LogP) is 5.25. The Morgan fingerprint density at radius 1 is 0.766 bits per heavy atom. The highest BCUT2D eigenvalue weighted by Crippen LogP contribution is 2.55. The average Bonchev–Trinajstić information content (AvgIpc) is 3.47. The highest BCUT2D eigenvalue weighted by Gasteiger charge is 2.57. The number of piperidine rings is 2. The molecule has 0 aromatic carbocycles. The molecular formula is C30H33Cl3F4N6O4. The average molecular weight is 724 g/mol. The maximum absolute atomic E-state index is 13.9. The molecule has 4 aliphatic carbocycles. The van der Waals surface area contributed by atoms with Crippen molar-refractivity contribution in [2.75, 3.05) is 45.3 Å². The molecule has 4 heterocycles. The van der Waals surface area contributed by atoms with Crippen molar-refractivity contribution in [1.29, 1.82) is 0 Å². The second-order valence-electron chi connectivity index (χ2n) is 12.8. The van der Waals surface area contributed by atoms with Crippen LogP contribution in [0.4, 0.5) is 23.4 Å². The van der Waals surface area contributed by atoms with Crippen molar-refractivity contribution in [3.8, 4) is 0 Å². The third-order valence-corrected chi connectivity index (χ3v) is 10.8. The van der Waals surface area contributed by atoms with Crippen molar-refractivity contribution < 1.29 is 36.6 Å². The summed E-state index contributed by atoms with van der Waals surface area (Å²) < 4.78 is 63.3. The Morgan fingerprint density at radius 3 is 1.77 bits per heavy atom. The Bertz CT molecular complexity index is 1550. The monoisotopic (exact) mass is 722 g/mol. The van der Waals surface area contributed by atoms with E-state index in [1.165, 1.54) is 14.2 Å². The number of nitrogens with zero attached hydrogens (tertiary/aromatic N) is 5. The van der Waals surface area contributed by atoms with Gasteiger partial charge in [0.1, 0.15) is 22.4 Å². The van der Waals surface area contributed by atoms with E-state index in [0.717, 1.165) is 38.0 Å². The maximum Gasteiger partial charge on any atom is 0.305 e. The largest absolute Gasteiger partial charge is 0.469 e. The number of carbonyl (C=O) groups excluding carboxylic acids is 2. The Labute approximate surface area is 283 Å². The number of hydrogen-bond acceptors (Lipinski definition) is 10. The summed E-state index contributed by atoms with van der Waals surface area (Å²) in [6.07, 6.45) is 1.03. The molecule has 0 radical (unpaired) electrons. The Hall–Kier alpha value is -2.55. The van der Waals surface area contributed by atoms with Gasteiger partial charge in [0.05, 0.1) is 14.2 Å². The van der Waals surface area contributed by atoms with Crippen LogP contribution in [0.2, 0.25) is 15.7 Å². The van der Waals surface area contributed by atoms with Crippen molar-refractivity contribution in [3.63, 3.8) is 0 Å².